The van der Waals surface area contributed by atoms with Gasteiger partial charge in [0.05, 0.1) is 19.4 Å². The van der Waals surface area contributed by atoms with Gasteiger partial charge in [0.1, 0.15) is 11.9 Å². The molecule has 0 amide bonds. The highest BCUT2D eigenvalue weighted by molar-refractivity contribution is 5.80. The van der Waals surface area contributed by atoms with E-state index in [-0.39, 0.29) is 6.10 Å². The number of aryl methyl sites for hydroxylation is 1. The minimum atomic E-state index is 0.0869. The van der Waals surface area contributed by atoms with Crippen molar-refractivity contribution in [3.63, 3.8) is 0 Å². The zero-order valence-electron chi connectivity index (χ0n) is 15.1. The number of hydrogen-bond acceptors (Lipinski definition) is 3. The van der Waals surface area contributed by atoms with E-state index in [9.17, 15) is 0 Å². The van der Waals surface area contributed by atoms with Crippen LogP contribution in [0.15, 0.2) is 52.1 Å². The van der Waals surface area contributed by atoms with Gasteiger partial charge in [0, 0.05) is 26.1 Å². The van der Waals surface area contributed by atoms with Crippen molar-refractivity contribution in [3.05, 3.63) is 59.5 Å². The second kappa shape index (κ2) is 8.72. The molecule has 5 nitrogen and oxygen atoms in total. The van der Waals surface area contributed by atoms with Gasteiger partial charge in [-0.05, 0) is 37.1 Å². The van der Waals surface area contributed by atoms with Crippen LogP contribution in [0.25, 0.3) is 0 Å². The van der Waals surface area contributed by atoms with Crippen LogP contribution in [0.2, 0.25) is 0 Å². The van der Waals surface area contributed by atoms with Crippen LogP contribution in [0, 0.1) is 6.92 Å². The topological polar surface area (TPSA) is 50.0 Å². The molecule has 1 atom stereocenters. The van der Waals surface area contributed by atoms with Crippen molar-refractivity contribution in [1.29, 1.82) is 0 Å². The smallest absolute Gasteiger partial charge is 0.194 e. The van der Waals surface area contributed by atoms with E-state index in [1.165, 1.54) is 11.1 Å². The maximum atomic E-state index is 6.03. The second-order valence-electron chi connectivity index (χ2n) is 6.23. The lowest BCUT2D eigenvalue weighted by Crippen LogP contribution is -2.48. The Kier molecular flexibility index (Phi) is 6.12. The highest BCUT2D eigenvalue weighted by atomic mass is 16.5. The van der Waals surface area contributed by atoms with Gasteiger partial charge in [-0.25, -0.2) is 0 Å². The summed E-state index contributed by atoms with van der Waals surface area (Å²) in [5.41, 5.74) is 2.53. The number of nitrogens with zero attached hydrogens (tertiary/aromatic N) is 2. The summed E-state index contributed by atoms with van der Waals surface area (Å²) in [5, 5.41) is 3.41. The van der Waals surface area contributed by atoms with Gasteiger partial charge in [0.2, 0.25) is 0 Å². The fourth-order valence-electron chi connectivity index (χ4n) is 3.13. The van der Waals surface area contributed by atoms with Crippen LogP contribution < -0.4 is 5.32 Å². The van der Waals surface area contributed by atoms with Crippen LogP contribution >= 0.6 is 0 Å². The largest absolute Gasteiger partial charge is 0.469 e. The van der Waals surface area contributed by atoms with E-state index in [0.29, 0.717) is 13.2 Å². The van der Waals surface area contributed by atoms with Crippen molar-refractivity contribution < 1.29 is 9.15 Å². The highest BCUT2D eigenvalue weighted by Gasteiger charge is 2.25. The first-order valence-electron chi connectivity index (χ1n) is 9.00. The van der Waals surface area contributed by atoms with E-state index in [0.717, 1.165) is 37.8 Å². The van der Waals surface area contributed by atoms with Crippen LogP contribution in [-0.2, 0) is 11.2 Å². The summed E-state index contributed by atoms with van der Waals surface area (Å²) in [6, 6.07) is 12.3. The number of hydrogen-bond donors (Lipinski definition) is 1. The number of nitrogens with one attached hydrogen (secondary N) is 1. The third-order valence-electron chi connectivity index (χ3n) is 4.44. The van der Waals surface area contributed by atoms with Crippen LogP contribution in [-0.4, -0.2) is 43.6 Å². The molecule has 1 aromatic heterocycles. The van der Waals surface area contributed by atoms with Crippen LogP contribution in [0.3, 0.4) is 0 Å². The number of ether oxygens (including phenoxy) is 1. The van der Waals surface area contributed by atoms with Gasteiger partial charge in [0.25, 0.3) is 0 Å². The third-order valence-corrected chi connectivity index (χ3v) is 4.44. The summed E-state index contributed by atoms with van der Waals surface area (Å²) in [5.74, 6) is 1.93. The zero-order valence-corrected chi connectivity index (χ0v) is 15.1. The molecule has 1 unspecified atom stereocenters. The quantitative estimate of drug-likeness (QED) is 0.670. The number of aliphatic imine (C=N–C) groups is 1. The van der Waals surface area contributed by atoms with Gasteiger partial charge in [-0.1, -0.05) is 24.3 Å². The Balaban J connectivity index is 1.67. The monoisotopic (exact) mass is 341 g/mol. The fraction of sp³-hybridized carbons (Fsp3) is 0.450. The predicted octanol–water partition coefficient (Wildman–Crippen LogP) is 3.17. The summed E-state index contributed by atoms with van der Waals surface area (Å²) < 4.78 is 11.4. The Bertz CT molecular complexity index is 682. The Morgan fingerprint density at radius 2 is 2.16 bits per heavy atom. The number of benzene rings is 1. The van der Waals surface area contributed by atoms with Crippen LogP contribution in [0.4, 0.5) is 0 Å². The first-order valence-corrected chi connectivity index (χ1v) is 9.00. The van der Waals surface area contributed by atoms with Crippen molar-refractivity contribution in [3.8, 4) is 0 Å². The summed E-state index contributed by atoms with van der Waals surface area (Å²) >= 11 is 0. The molecular formula is C20H27N3O2. The molecule has 25 heavy (non-hydrogen) atoms. The molecule has 0 spiro atoms. The average molecular weight is 341 g/mol. The molecule has 1 fully saturated rings. The molecular weight excluding hydrogens is 314 g/mol. The normalized spacial score (nSPS) is 18.4. The predicted molar refractivity (Wildman–Crippen MR) is 99.8 cm³/mol. The van der Waals surface area contributed by atoms with Crippen LogP contribution in [0.1, 0.15) is 29.9 Å². The van der Waals surface area contributed by atoms with Gasteiger partial charge in [-0.3, -0.25) is 4.99 Å². The van der Waals surface area contributed by atoms with E-state index < -0.39 is 0 Å². The van der Waals surface area contributed by atoms with Gasteiger partial charge in [-0.2, -0.15) is 0 Å². The van der Waals surface area contributed by atoms with Gasteiger partial charge in [-0.15, -0.1) is 0 Å². The first-order chi connectivity index (χ1) is 12.3. The van der Waals surface area contributed by atoms with Gasteiger partial charge < -0.3 is 19.4 Å². The molecule has 0 saturated carbocycles. The lowest BCUT2D eigenvalue weighted by Gasteiger charge is -2.35. The molecule has 0 radical (unpaired) electrons. The highest BCUT2D eigenvalue weighted by Crippen LogP contribution is 2.24. The average Bonchev–Trinajstić information content (AvgIpc) is 3.15. The van der Waals surface area contributed by atoms with Crippen molar-refractivity contribution in [2.45, 2.75) is 26.4 Å². The number of furan rings is 1. The Labute approximate surface area is 149 Å². The minimum Gasteiger partial charge on any atom is -0.469 e. The summed E-state index contributed by atoms with van der Waals surface area (Å²) in [4.78, 5) is 7.08. The molecule has 3 rings (SSSR count). The first kappa shape index (κ1) is 17.5. The molecule has 134 valence electrons. The maximum Gasteiger partial charge on any atom is 0.194 e. The number of rotatable bonds is 5. The molecule has 2 heterocycles. The second-order valence-corrected chi connectivity index (χ2v) is 6.23. The van der Waals surface area contributed by atoms with E-state index in [1.54, 1.807) is 6.26 Å². The molecule has 1 N–H and O–H groups in total. The lowest BCUT2D eigenvalue weighted by molar-refractivity contribution is -0.00832. The van der Waals surface area contributed by atoms with Gasteiger partial charge >= 0.3 is 0 Å². The lowest BCUT2D eigenvalue weighted by atomic mass is 10.0. The van der Waals surface area contributed by atoms with E-state index >= 15 is 0 Å². The summed E-state index contributed by atoms with van der Waals surface area (Å²) in [6.07, 6.45) is 2.61. The van der Waals surface area contributed by atoms with Gasteiger partial charge in [0.15, 0.2) is 5.96 Å². The molecule has 5 heteroatoms. The Hall–Kier alpha value is -2.27. The van der Waals surface area contributed by atoms with Crippen molar-refractivity contribution >= 4 is 5.96 Å². The maximum absolute atomic E-state index is 6.03. The van der Waals surface area contributed by atoms with E-state index in [1.807, 2.05) is 12.1 Å². The molecule has 1 aliphatic heterocycles. The van der Waals surface area contributed by atoms with Crippen molar-refractivity contribution in [2.24, 2.45) is 4.99 Å². The third kappa shape index (κ3) is 4.63. The number of morpholine rings is 1. The molecule has 1 aromatic carbocycles. The van der Waals surface area contributed by atoms with Crippen molar-refractivity contribution in [1.82, 2.24) is 10.2 Å². The molecule has 1 aliphatic rings. The SMILES string of the molecule is CCNC(=NCCc1ccco1)N1CCOC(c2ccccc2C)C1. The van der Waals surface area contributed by atoms with E-state index in [2.05, 4.69) is 48.3 Å². The molecule has 1 saturated heterocycles. The standard InChI is InChI=1S/C20H27N3O2/c1-3-21-20(22-11-10-17-8-6-13-24-17)23-12-14-25-19(15-23)18-9-5-4-7-16(18)2/h4-9,13,19H,3,10-12,14-15H2,1-2H3,(H,21,22). The number of guanidine groups is 1. The fourth-order valence-corrected chi connectivity index (χ4v) is 3.13. The molecule has 2 aromatic rings. The summed E-state index contributed by atoms with van der Waals surface area (Å²) in [6.45, 7) is 8.18. The van der Waals surface area contributed by atoms with Crippen LogP contribution in [0.5, 0.6) is 0 Å². The summed E-state index contributed by atoms with van der Waals surface area (Å²) in [7, 11) is 0. The minimum absolute atomic E-state index is 0.0869. The van der Waals surface area contributed by atoms with Crippen molar-refractivity contribution in [2.75, 3.05) is 32.8 Å². The Morgan fingerprint density at radius 3 is 2.92 bits per heavy atom. The zero-order chi connectivity index (χ0) is 17.5. The molecule has 0 bridgehead atoms. The Morgan fingerprint density at radius 1 is 1.28 bits per heavy atom. The van der Waals surface area contributed by atoms with E-state index in [4.69, 9.17) is 14.1 Å². The molecule has 0 aliphatic carbocycles.